The zero-order valence-corrected chi connectivity index (χ0v) is 18.5. The number of carbonyl (C=O) groups is 2. The van der Waals surface area contributed by atoms with E-state index in [1.165, 1.54) is 26.4 Å². The fraction of sp³-hybridized carbons (Fsp3) is 0.350. The summed E-state index contributed by atoms with van der Waals surface area (Å²) >= 11 is 7.05. The lowest BCUT2D eigenvalue weighted by Crippen LogP contribution is -2.47. The normalized spacial score (nSPS) is 16.1. The topological polar surface area (TPSA) is 72.0 Å². The van der Waals surface area contributed by atoms with E-state index in [1.807, 2.05) is 0 Å². The Morgan fingerprint density at radius 1 is 1.34 bits per heavy atom. The molecule has 7 nitrogen and oxygen atoms in total. The molecule has 0 N–H and O–H groups in total. The minimum atomic E-state index is -4.57. The van der Waals surface area contributed by atoms with Crippen LogP contribution in [0.15, 0.2) is 18.2 Å². The van der Waals surface area contributed by atoms with E-state index in [4.69, 9.17) is 27.5 Å². The molecule has 1 aromatic heterocycles. The summed E-state index contributed by atoms with van der Waals surface area (Å²) in [6.45, 7) is -1.58. The summed E-state index contributed by atoms with van der Waals surface area (Å²) in [7, 11) is 2.79. The van der Waals surface area contributed by atoms with Crippen molar-refractivity contribution in [3.63, 3.8) is 0 Å². The van der Waals surface area contributed by atoms with Crippen molar-refractivity contribution in [3.05, 3.63) is 33.2 Å². The van der Waals surface area contributed by atoms with Gasteiger partial charge in [0.25, 0.3) is 5.91 Å². The Morgan fingerprint density at radius 3 is 2.47 bits per heavy atom. The molecule has 1 aromatic carbocycles. The lowest BCUT2D eigenvalue weighted by Gasteiger charge is -2.28. The molecule has 1 fully saturated rings. The number of amides is 2. The predicted molar refractivity (Wildman–Crippen MR) is 112 cm³/mol. The largest absolute Gasteiger partial charge is 0.497 e. The van der Waals surface area contributed by atoms with Gasteiger partial charge in [-0.1, -0.05) is 22.9 Å². The molecule has 12 heteroatoms. The van der Waals surface area contributed by atoms with Crippen LogP contribution in [0, 0.1) is 12.3 Å². The van der Waals surface area contributed by atoms with E-state index in [0.717, 1.165) is 16.2 Å². The van der Waals surface area contributed by atoms with Crippen LogP contribution in [0.1, 0.15) is 21.9 Å². The van der Waals surface area contributed by atoms with Crippen LogP contribution in [0.2, 0.25) is 4.34 Å². The van der Waals surface area contributed by atoms with Crippen molar-refractivity contribution in [1.29, 1.82) is 0 Å². The smallest absolute Gasteiger partial charge is 0.406 e. The van der Waals surface area contributed by atoms with Crippen molar-refractivity contribution in [2.75, 3.05) is 32.2 Å². The second-order valence-corrected chi connectivity index (χ2v) is 8.31. The van der Waals surface area contributed by atoms with Crippen LogP contribution in [0.25, 0.3) is 0 Å². The molecule has 0 spiro atoms. The number of carbonyl (C=O) groups excluding carboxylic acids is 2. The number of hydrogen-bond acceptors (Lipinski definition) is 6. The lowest BCUT2D eigenvalue weighted by atomic mass is 10.1. The summed E-state index contributed by atoms with van der Waals surface area (Å²) in [5.74, 6) is 1.27. The van der Waals surface area contributed by atoms with Gasteiger partial charge in [0, 0.05) is 24.7 Å². The molecular formula is C20H17ClF3N3O4S. The number of halogens is 4. The van der Waals surface area contributed by atoms with E-state index in [-0.39, 0.29) is 33.7 Å². The quantitative estimate of drug-likeness (QED) is 0.582. The number of aromatic nitrogens is 1. The minimum Gasteiger partial charge on any atom is -0.497 e. The fourth-order valence-corrected chi connectivity index (χ4v) is 4.25. The standard InChI is InChI=1S/C20H17ClF3N3O4S/c1-4-15-25-16(17(21)32-15)19(29)27(11-7-12(30-2)9-13(8-11)31-3)14-5-6-26(18(14)28)10-20(22,23)24/h1,7-9,14H,5-6,10H2,2-3H3. The van der Waals surface area contributed by atoms with E-state index in [9.17, 15) is 22.8 Å². The summed E-state index contributed by atoms with van der Waals surface area (Å²) in [6.07, 6.45) is 0.736. The Morgan fingerprint density at radius 2 is 1.97 bits per heavy atom. The maximum Gasteiger partial charge on any atom is 0.406 e. The Hall–Kier alpha value is -2.97. The Labute approximate surface area is 190 Å². The van der Waals surface area contributed by atoms with Gasteiger partial charge in [0.15, 0.2) is 10.7 Å². The predicted octanol–water partition coefficient (Wildman–Crippen LogP) is 3.61. The molecule has 0 bridgehead atoms. The number of benzene rings is 1. The lowest BCUT2D eigenvalue weighted by molar-refractivity contribution is -0.157. The van der Waals surface area contributed by atoms with E-state index in [1.54, 1.807) is 6.07 Å². The highest BCUT2D eigenvalue weighted by atomic mass is 35.5. The second kappa shape index (κ2) is 9.26. The van der Waals surface area contributed by atoms with Crippen molar-refractivity contribution in [2.45, 2.75) is 18.6 Å². The summed E-state index contributed by atoms with van der Waals surface area (Å²) in [5.41, 5.74) is -0.0294. The molecule has 1 aliphatic rings. The first-order chi connectivity index (χ1) is 15.1. The number of anilines is 1. The van der Waals surface area contributed by atoms with Crippen molar-refractivity contribution in [1.82, 2.24) is 9.88 Å². The molecule has 1 atom stereocenters. The van der Waals surface area contributed by atoms with Gasteiger partial charge in [-0.25, -0.2) is 4.98 Å². The number of ether oxygens (including phenoxy) is 2. The van der Waals surface area contributed by atoms with E-state index >= 15 is 0 Å². The highest BCUT2D eigenvalue weighted by molar-refractivity contribution is 7.16. The van der Waals surface area contributed by atoms with Gasteiger partial charge >= 0.3 is 6.18 Å². The molecule has 1 unspecified atom stereocenters. The molecular weight excluding hydrogens is 471 g/mol. The third kappa shape index (κ3) is 4.92. The van der Waals surface area contributed by atoms with Crippen LogP contribution in [0.5, 0.6) is 11.5 Å². The zero-order chi connectivity index (χ0) is 23.6. The van der Waals surface area contributed by atoms with Gasteiger partial charge in [0.1, 0.15) is 28.4 Å². The number of rotatable bonds is 6. The first-order valence-electron chi connectivity index (χ1n) is 9.13. The van der Waals surface area contributed by atoms with Crippen LogP contribution in [-0.2, 0) is 4.79 Å². The van der Waals surface area contributed by atoms with Crippen LogP contribution >= 0.6 is 22.9 Å². The van der Waals surface area contributed by atoms with Crippen LogP contribution in [-0.4, -0.2) is 61.2 Å². The SMILES string of the molecule is C#Cc1nc(C(=O)N(c2cc(OC)cc(OC)c2)C2CCN(CC(F)(F)F)C2=O)c(Cl)s1. The van der Waals surface area contributed by atoms with Gasteiger partial charge in [-0.05, 0) is 12.3 Å². The van der Waals surface area contributed by atoms with Gasteiger partial charge in [-0.3, -0.25) is 14.5 Å². The second-order valence-electron chi connectivity index (χ2n) is 6.71. The molecule has 170 valence electrons. The molecule has 2 heterocycles. The Bertz CT molecular complexity index is 1060. The number of alkyl halides is 3. The Kier molecular flexibility index (Phi) is 6.85. The van der Waals surface area contributed by atoms with Gasteiger partial charge in [0.05, 0.1) is 19.9 Å². The van der Waals surface area contributed by atoms with E-state index < -0.39 is 30.6 Å². The maximum absolute atomic E-state index is 13.5. The molecule has 0 radical (unpaired) electrons. The fourth-order valence-electron chi connectivity index (χ4n) is 3.31. The minimum absolute atomic E-state index is 0.000375. The average Bonchev–Trinajstić information content (AvgIpc) is 3.29. The molecule has 2 aromatic rings. The highest BCUT2D eigenvalue weighted by Gasteiger charge is 2.44. The third-order valence-electron chi connectivity index (χ3n) is 4.70. The van der Waals surface area contributed by atoms with Crippen molar-refractivity contribution in [2.24, 2.45) is 0 Å². The molecule has 2 amide bonds. The molecule has 0 aliphatic carbocycles. The number of nitrogens with zero attached hydrogens (tertiary/aromatic N) is 3. The molecule has 1 aliphatic heterocycles. The first kappa shape index (κ1) is 23.7. The molecule has 3 rings (SSSR count). The summed E-state index contributed by atoms with van der Waals surface area (Å²) in [5, 5.41) is 0.151. The van der Waals surface area contributed by atoms with E-state index in [2.05, 4.69) is 10.9 Å². The number of likely N-dealkylation sites (tertiary alicyclic amines) is 1. The summed E-state index contributed by atoms with van der Waals surface area (Å²) in [6, 6.07) is 3.25. The maximum atomic E-state index is 13.5. The average molecular weight is 488 g/mol. The van der Waals surface area contributed by atoms with Crippen molar-refractivity contribution in [3.8, 4) is 23.8 Å². The number of thiazole rings is 1. The number of hydrogen-bond donors (Lipinski definition) is 0. The monoisotopic (exact) mass is 487 g/mol. The van der Waals surface area contributed by atoms with E-state index in [0.29, 0.717) is 16.4 Å². The Balaban J connectivity index is 2.08. The van der Waals surface area contributed by atoms with Gasteiger partial charge < -0.3 is 14.4 Å². The number of terminal acetylenes is 1. The van der Waals surface area contributed by atoms with Crippen LogP contribution < -0.4 is 14.4 Å². The summed E-state index contributed by atoms with van der Waals surface area (Å²) in [4.78, 5) is 32.1. The van der Waals surface area contributed by atoms with Gasteiger partial charge in [-0.15, -0.1) is 6.42 Å². The van der Waals surface area contributed by atoms with Crippen molar-refractivity contribution < 1.29 is 32.2 Å². The summed E-state index contributed by atoms with van der Waals surface area (Å²) < 4.78 is 49.1. The van der Waals surface area contributed by atoms with Gasteiger partial charge in [-0.2, -0.15) is 13.2 Å². The highest BCUT2D eigenvalue weighted by Crippen LogP contribution is 2.35. The molecule has 32 heavy (non-hydrogen) atoms. The van der Waals surface area contributed by atoms with Crippen LogP contribution in [0.3, 0.4) is 0 Å². The molecule has 1 saturated heterocycles. The van der Waals surface area contributed by atoms with Crippen LogP contribution in [0.4, 0.5) is 18.9 Å². The first-order valence-corrected chi connectivity index (χ1v) is 10.3. The molecule has 0 saturated carbocycles. The van der Waals surface area contributed by atoms with Crippen molar-refractivity contribution >= 4 is 40.4 Å². The zero-order valence-electron chi connectivity index (χ0n) is 16.9. The third-order valence-corrected chi connectivity index (χ3v) is 5.88. The number of methoxy groups -OCH3 is 2. The van der Waals surface area contributed by atoms with Gasteiger partial charge in [0.2, 0.25) is 5.91 Å².